The van der Waals surface area contributed by atoms with E-state index in [0.29, 0.717) is 38.9 Å². The van der Waals surface area contributed by atoms with Crippen LogP contribution in [0.3, 0.4) is 0 Å². The average molecular weight is 640 g/mol. The summed E-state index contributed by atoms with van der Waals surface area (Å²) in [5, 5.41) is 67.9. The van der Waals surface area contributed by atoms with Crippen LogP contribution < -0.4 is 39.3 Å². The van der Waals surface area contributed by atoms with Crippen LogP contribution in [0.2, 0.25) is 0 Å². The molecule has 2 aliphatic heterocycles. The van der Waals surface area contributed by atoms with Crippen molar-refractivity contribution in [1.82, 2.24) is 10.6 Å². The summed E-state index contributed by atoms with van der Waals surface area (Å²) < 4.78 is 23.7. The third-order valence-corrected chi connectivity index (χ3v) is 8.36. The summed E-state index contributed by atoms with van der Waals surface area (Å²) in [4.78, 5) is 12.7. The Hall–Kier alpha value is -1.17. The summed E-state index contributed by atoms with van der Waals surface area (Å²) >= 11 is 0. The first-order valence-corrected chi connectivity index (χ1v) is 15.2. The smallest absolute Gasteiger partial charge is 0.249 e. The summed E-state index contributed by atoms with van der Waals surface area (Å²) in [6.45, 7) is 0.529. The summed E-state index contributed by atoms with van der Waals surface area (Å²) in [6, 6.07) is -3.67. The van der Waals surface area contributed by atoms with Gasteiger partial charge in [0.05, 0.1) is 36.9 Å². The Morgan fingerprint density at radius 2 is 1.57 bits per heavy atom. The topological polar surface area (TPSA) is 330 Å². The highest BCUT2D eigenvalue weighted by Crippen LogP contribution is 2.31. The van der Waals surface area contributed by atoms with E-state index in [1.54, 1.807) is 0 Å². The molecule has 1 aliphatic carbocycles. The molecule has 258 valence electrons. The minimum Gasteiger partial charge on any atom is -0.394 e. The molecule has 0 bridgehead atoms. The van der Waals surface area contributed by atoms with Gasteiger partial charge in [0.25, 0.3) is 0 Å². The summed E-state index contributed by atoms with van der Waals surface area (Å²) in [5.41, 5.74) is 29.6. The fourth-order valence-electron chi connectivity index (χ4n) is 5.70. The molecule has 0 aromatic heterocycles. The van der Waals surface area contributed by atoms with E-state index < -0.39 is 98.1 Å². The molecule has 3 rings (SSSR count). The minimum atomic E-state index is -1.57. The van der Waals surface area contributed by atoms with Gasteiger partial charge in [-0.25, -0.2) is 0 Å². The van der Waals surface area contributed by atoms with Crippen molar-refractivity contribution in [3.63, 3.8) is 0 Å². The first-order valence-electron chi connectivity index (χ1n) is 15.2. The first-order chi connectivity index (χ1) is 20.9. The van der Waals surface area contributed by atoms with Crippen molar-refractivity contribution < 1.29 is 54.4 Å². The highest BCUT2D eigenvalue weighted by molar-refractivity contribution is 5.80. The Kier molecular flexibility index (Phi) is 15.0. The lowest BCUT2D eigenvalue weighted by atomic mass is 9.83. The molecule has 0 aromatic rings. The number of nitrogens with two attached hydrogens (primary N) is 5. The second-order valence-electron chi connectivity index (χ2n) is 11.8. The second-order valence-corrected chi connectivity index (χ2v) is 11.8. The number of carbonyl (C=O) groups excluding carboxylic acids is 1. The van der Waals surface area contributed by atoms with Crippen LogP contribution in [-0.2, 0) is 23.7 Å². The molecule has 1 saturated carbocycles. The number of nitrogens with one attached hydrogen (secondary N) is 2. The molecule has 3 aliphatic rings. The van der Waals surface area contributed by atoms with Crippen LogP contribution in [0.1, 0.15) is 32.1 Å². The molecular formula is C26H53N7O11. The second kappa shape index (κ2) is 17.7. The Bertz CT molecular complexity index is 867. The van der Waals surface area contributed by atoms with E-state index in [9.17, 15) is 35.4 Å². The Labute approximate surface area is 256 Å². The zero-order valence-electron chi connectivity index (χ0n) is 24.8. The van der Waals surface area contributed by atoms with Crippen LogP contribution in [0.4, 0.5) is 0 Å². The van der Waals surface area contributed by atoms with Gasteiger partial charge < -0.3 is 88.9 Å². The van der Waals surface area contributed by atoms with E-state index in [4.69, 9.17) is 47.6 Å². The fourth-order valence-corrected chi connectivity index (χ4v) is 5.70. The molecule has 15 atom stereocenters. The quantitative estimate of drug-likeness (QED) is 0.0791. The van der Waals surface area contributed by atoms with Gasteiger partial charge in [0.1, 0.15) is 42.7 Å². The summed E-state index contributed by atoms with van der Waals surface area (Å²) in [7, 11) is 0. The number of rotatable bonds is 15. The largest absolute Gasteiger partial charge is 0.394 e. The highest BCUT2D eigenvalue weighted by atomic mass is 16.7. The van der Waals surface area contributed by atoms with Crippen molar-refractivity contribution in [2.75, 3.05) is 32.8 Å². The van der Waals surface area contributed by atoms with Gasteiger partial charge in [0, 0.05) is 19.1 Å². The maximum absolute atomic E-state index is 12.7. The fraction of sp³-hybridized carbons (Fsp3) is 0.962. The lowest BCUT2D eigenvalue weighted by molar-refractivity contribution is -0.314. The molecular weight excluding hydrogens is 586 g/mol. The lowest BCUT2D eigenvalue weighted by Gasteiger charge is -2.48. The van der Waals surface area contributed by atoms with E-state index in [1.165, 1.54) is 0 Å². The van der Waals surface area contributed by atoms with Gasteiger partial charge in [0.2, 0.25) is 5.91 Å². The van der Waals surface area contributed by atoms with Crippen molar-refractivity contribution in [3.05, 3.63) is 0 Å². The Balaban J connectivity index is 1.75. The Morgan fingerprint density at radius 3 is 2.23 bits per heavy atom. The predicted octanol–water partition coefficient (Wildman–Crippen LogP) is -7.06. The molecule has 3 fully saturated rings. The zero-order chi connectivity index (χ0) is 32.6. The summed E-state index contributed by atoms with van der Waals surface area (Å²) in [6.07, 6.45) is -11.3. The molecule has 2 heterocycles. The Morgan fingerprint density at radius 1 is 0.886 bits per heavy atom. The first kappa shape index (κ1) is 37.3. The van der Waals surface area contributed by atoms with Crippen LogP contribution >= 0.6 is 0 Å². The van der Waals surface area contributed by atoms with Gasteiger partial charge in [0.15, 0.2) is 12.6 Å². The van der Waals surface area contributed by atoms with Gasteiger partial charge in [-0.15, -0.1) is 0 Å². The molecule has 18 N–H and O–H groups in total. The van der Waals surface area contributed by atoms with Gasteiger partial charge in [-0.1, -0.05) is 0 Å². The maximum atomic E-state index is 12.7. The predicted molar refractivity (Wildman–Crippen MR) is 154 cm³/mol. The molecule has 44 heavy (non-hydrogen) atoms. The number of ether oxygens (including phenoxy) is 4. The third kappa shape index (κ3) is 9.67. The van der Waals surface area contributed by atoms with Gasteiger partial charge in [-0.2, -0.15) is 0 Å². The number of carbonyl (C=O) groups is 1. The van der Waals surface area contributed by atoms with E-state index in [2.05, 4.69) is 10.6 Å². The van der Waals surface area contributed by atoms with E-state index in [1.807, 2.05) is 0 Å². The maximum Gasteiger partial charge on any atom is 0.249 e. The average Bonchev–Trinajstić information content (AvgIpc) is 2.98. The molecule has 0 radical (unpaired) electrons. The SMILES string of the molecule is NCCC(O)CNCC1CCC(N)C(OC2C(N)CC(NC(=O)C(O)CCN)C(OC3OC(CO)C(O)C(N)C3O)C2O)O1. The van der Waals surface area contributed by atoms with E-state index in [-0.39, 0.29) is 25.5 Å². The van der Waals surface area contributed by atoms with Crippen molar-refractivity contribution in [2.45, 2.75) is 124 Å². The molecule has 0 spiro atoms. The van der Waals surface area contributed by atoms with Gasteiger partial charge in [-0.05, 0) is 45.2 Å². The van der Waals surface area contributed by atoms with Crippen LogP contribution in [0.15, 0.2) is 0 Å². The van der Waals surface area contributed by atoms with Crippen molar-refractivity contribution in [3.8, 4) is 0 Å². The monoisotopic (exact) mass is 639 g/mol. The third-order valence-electron chi connectivity index (χ3n) is 8.36. The molecule has 15 unspecified atom stereocenters. The lowest BCUT2D eigenvalue weighted by Crippen LogP contribution is -2.69. The standard InChI is InChI=1S/C26H53N7O11/c27-5-3-11(35)8-32-9-12-1-2-13(29)25(41-12)43-22-14(30)7-15(33-24(40)16(36)4-6-28)23(21(22)39)44-26-20(38)18(31)19(37)17(10-34)42-26/h11-23,25-26,32,34-39H,1-10,27-31H2,(H,33,40). The number of aliphatic hydroxyl groups excluding tert-OH is 6. The minimum absolute atomic E-state index is 0.000371. The van der Waals surface area contributed by atoms with E-state index >= 15 is 0 Å². The zero-order valence-corrected chi connectivity index (χ0v) is 24.8. The van der Waals surface area contributed by atoms with Gasteiger partial charge >= 0.3 is 0 Å². The highest BCUT2D eigenvalue weighted by Gasteiger charge is 2.51. The molecule has 2 saturated heterocycles. The van der Waals surface area contributed by atoms with Crippen LogP contribution in [0.5, 0.6) is 0 Å². The van der Waals surface area contributed by atoms with E-state index in [0.717, 1.165) is 0 Å². The molecule has 0 aromatic carbocycles. The normalized spacial score (nSPS) is 41.2. The van der Waals surface area contributed by atoms with Crippen molar-refractivity contribution >= 4 is 5.91 Å². The van der Waals surface area contributed by atoms with Crippen LogP contribution in [0.25, 0.3) is 0 Å². The molecule has 1 amide bonds. The molecule has 18 heteroatoms. The van der Waals surface area contributed by atoms with Gasteiger partial charge in [-0.3, -0.25) is 4.79 Å². The van der Waals surface area contributed by atoms with Crippen LogP contribution in [0, 0.1) is 0 Å². The number of hydrogen-bond donors (Lipinski definition) is 13. The number of amides is 1. The van der Waals surface area contributed by atoms with Crippen molar-refractivity contribution in [2.24, 2.45) is 28.7 Å². The van der Waals surface area contributed by atoms with Crippen molar-refractivity contribution in [1.29, 1.82) is 0 Å². The summed E-state index contributed by atoms with van der Waals surface area (Å²) in [5.74, 6) is -0.775. The number of aliphatic hydroxyl groups is 6. The van der Waals surface area contributed by atoms with Crippen LogP contribution in [-0.4, -0.2) is 161 Å². The number of hydrogen-bond acceptors (Lipinski definition) is 17. The molecule has 18 nitrogen and oxygen atoms in total.